The first-order chi connectivity index (χ1) is 9.47. The average Bonchev–Trinajstić information content (AvgIpc) is 2.37. The summed E-state index contributed by atoms with van der Waals surface area (Å²) in [6.45, 7) is 0.247. The maximum atomic E-state index is 13.0. The topological polar surface area (TPSA) is 35.2 Å². The van der Waals surface area contributed by atoms with Crippen LogP contribution >= 0.6 is 39.7 Å². The van der Waals surface area contributed by atoms with Crippen LogP contribution in [0.4, 0.5) is 4.39 Å². The van der Waals surface area contributed by atoms with E-state index < -0.39 is 0 Å². The smallest absolute Gasteiger partial charge is 0.131 e. The number of hydrogen-bond acceptors (Lipinski definition) is 2. The van der Waals surface area contributed by atoms with Crippen LogP contribution < -0.4 is 10.5 Å². The minimum atomic E-state index is -0.313. The van der Waals surface area contributed by atoms with Crippen molar-refractivity contribution < 1.29 is 9.13 Å². The fourth-order valence-electron chi connectivity index (χ4n) is 1.61. The van der Waals surface area contributed by atoms with Crippen LogP contribution in [0.1, 0.15) is 11.1 Å². The monoisotopic (exact) mass is 373 g/mol. The van der Waals surface area contributed by atoms with E-state index in [4.69, 9.17) is 34.3 Å². The first-order valence-electron chi connectivity index (χ1n) is 5.63. The highest BCUT2D eigenvalue weighted by molar-refractivity contribution is 9.10. The molecule has 2 aromatic carbocycles. The van der Waals surface area contributed by atoms with E-state index in [1.165, 1.54) is 12.1 Å². The van der Waals surface area contributed by atoms with E-state index in [-0.39, 0.29) is 17.4 Å². The predicted octanol–water partition coefficient (Wildman–Crippen LogP) is 4.45. The number of hydrogen-bond donors (Lipinski definition) is 1. The molecule has 6 heteroatoms. The van der Waals surface area contributed by atoms with Gasteiger partial charge in [0.2, 0.25) is 0 Å². The number of halogens is 3. The molecule has 0 spiro atoms. The third kappa shape index (κ3) is 3.69. The maximum Gasteiger partial charge on any atom is 0.131 e. The molecule has 0 heterocycles. The molecule has 0 fully saturated rings. The number of benzene rings is 2. The van der Waals surface area contributed by atoms with Gasteiger partial charge < -0.3 is 10.5 Å². The Morgan fingerprint density at radius 3 is 2.70 bits per heavy atom. The van der Waals surface area contributed by atoms with Crippen molar-refractivity contribution in [2.24, 2.45) is 5.73 Å². The molecule has 2 nitrogen and oxygen atoms in total. The number of ether oxygens (including phenoxy) is 1. The molecule has 0 aromatic heterocycles. The van der Waals surface area contributed by atoms with Gasteiger partial charge in [0.25, 0.3) is 0 Å². The molecule has 0 aliphatic heterocycles. The lowest BCUT2D eigenvalue weighted by atomic mass is 10.2. The molecule has 2 N–H and O–H groups in total. The van der Waals surface area contributed by atoms with Crippen LogP contribution in [0.5, 0.6) is 5.75 Å². The van der Waals surface area contributed by atoms with Crippen molar-refractivity contribution in [3.05, 3.63) is 62.8 Å². The van der Waals surface area contributed by atoms with Crippen LogP contribution in [0.25, 0.3) is 0 Å². The van der Waals surface area contributed by atoms with Gasteiger partial charge in [0.05, 0.1) is 5.56 Å². The van der Waals surface area contributed by atoms with Crippen molar-refractivity contribution in [3.8, 4) is 5.75 Å². The van der Waals surface area contributed by atoms with E-state index in [1.807, 2.05) is 0 Å². The second-order valence-electron chi connectivity index (χ2n) is 4.03. The van der Waals surface area contributed by atoms with Crippen LogP contribution in [0.15, 0.2) is 40.9 Å². The Bertz CT molecular complexity index is 666. The highest BCUT2D eigenvalue weighted by Gasteiger charge is 2.09. The molecule has 0 amide bonds. The van der Waals surface area contributed by atoms with Gasteiger partial charge in [-0.2, -0.15) is 0 Å². The largest absolute Gasteiger partial charge is 0.488 e. The molecule has 0 unspecified atom stereocenters. The predicted molar refractivity (Wildman–Crippen MR) is 85.8 cm³/mol. The minimum Gasteiger partial charge on any atom is -0.488 e. The average molecular weight is 375 g/mol. The number of thiocarbonyl (C=S) groups is 1. The summed E-state index contributed by atoms with van der Waals surface area (Å²) < 4.78 is 19.3. The van der Waals surface area contributed by atoms with Crippen molar-refractivity contribution in [1.82, 2.24) is 0 Å². The Hall–Kier alpha value is -1.17. The molecule has 0 radical (unpaired) electrons. The first kappa shape index (κ1) is 15.2. The zero-order chi connectivity index (χ0) is 14.7. The van der Waals surface area contributed by atoms with Crippen molar-refractivity contribution in [2.75, 3.05) is 0 Å². The molecular formula is C14H10BrClFNOS. The lowest BCUT2D eigenvalue weighted by molar-refractivity contribution is 0.305. The van der Waals surface area contributed by atoms with Crippen molar-refractivity contribution in [1.29, 1.82) is 0 Å². The van der Waals surface area contributed by atoms with E-state index in [2.05, 4.69) is 15.9 Å². The molecular weight excluding hydrogens is 365 g/mol. The second kappa shape index (κ2) is 6.52. The maximum absolute atomic E-state index is 13.0. The third-order valence-electron chi connectivity index (χ3n) is 2.61. The Balaban J connectivity index is 2.22. The molecule has 2 aromatic rings. The Labute approximate surface area is 134 Å². The van der Waals surface area contributed by atoms with E-state index in [0.29, 0.717) is 20.8 Å². The molecule has 2 rings (SSSR count). The van der Waals surface area contributed by atoms with E-state index in [0.717, 1.165) is 5.56 Å². The Morgan fingerprint density at radius 2 is 2.05 bits per heavy atom. The van der Waals surface area contributed by atoms with Crippen LogP contribution in [0.2, 0.25) is 5.02 Å². The lowest BCUT2D eigenvalue weighted by Gasteiger charge is -2.12. The van der Waals surface area contributed by atoms with Crippen LogP contribution in [0.3, 0.4) is 0 Å². The first-order valence-corrected chi connectivity index (χ1v) is 7.21. The van der Waals surface area contributed by atoms with Gasteiger partial charge in [-0.3, -0.25) is 0 Å². The molecule has 0 atom stereocenters. The summed E-state index contributed by atoms with van der Waals surface area (Å²) in [6, 6.07) is 9.44. The zero-order valence-corrected chi connectivity index (χ0v) is 13.4. The molecule has 104 valence electrons. The molecule has 0 saturated heterocycles. The van der Waals surface area contributed by atoms with Gasteiger partial charge >= 0.3 is 0 Å². The van der Waals surface area contributed by atoms with Gasteiger partial charge in [-0.25, -0.2) is 4.39 Å². The highest BCUT2D eigenvalue weighted by atomic mass is 79.9. The van der Waals surface area contributed by atoms with Crippen LogP contribution in [0, 0.1) is 5.82 Å². The van der Waals surface area contributed by atoms with Crippen LogP contribution in [-0.2, 0) is 6.61 Å². The number of nitrogens with two attached hydrogens (primary N) is 1. The summed E-state index contributed by atoms with van der Waals surface area (Å²) >= 11 is 14.2. The summed E-state index contributed by atoms with van der Waals surface area (Å²) in [5.41, 5.74) is 7.05. The van der Waals surface area contributed by atoms with E-state index >= 15 is 0 Å². The second-order valence-corrected chi connectivity index (χ2v) is 5.76. The molecule has 20 heavy (non-hydrogen) atoms. The van der Waals surface area contributed by atoms with Gasteiger partial charge in [0.15, 0.2) is 0 Å². The summed E-state index contributed by atoms with van der Waals surface area (Å²) in [7, 11) is 0. The Kier molecular flexibility index (Phi) is 4.96. The van der Waals surface area contributed by atoms with Crippen molar-refractivity contribution >= 4 is 44.7 Å². The van der Waals surface area contributed by atoms with Gasteiger partial charge in [-0.05, 0) is 30.3 Å². The van der Waals surface area contributed by atoms with E-state index in [1.54, 1.807) is 24.3 Å². The third-order valence-corrected chi connectivity index (χ3v) is 3.80. The minimum absolute atomic E-state index is 0.231. The Morgan fingerprint density at radius 1 is 1.30 bits per heavy atom. The molecule has 0 aliphatic rings. The fraction of sp³-hybridized carbons (Fsp3) is 0.0714. The SMILES string of the molecule is NC(=S)c1ccc(Cl)cc1OCc1ccc(F)cc1Br. The number of rotatable bonds is 4. The lowest BCUT2D eigenvalue weighted by Crippen LogP contribution is -2.11. The summed E-state index contributed by atoms with van der Waals surface area (Å²) in [4.78, 5) is 0.231. The normalized spacial score (nSPS) is 10.3. The molecule has 0 aliphatic carbocycles. The summed E-state index contributed by atoms with van der Waals surface area (Å²) in [5, 5.41) is 0.526. The van der Waals surface area contributed by atoms with Crippen LogP contribution in [-0.4, -0.2) is 4.99 Å². The molecule has 0 saturated carbocycles. The molecule has 0 bridgehead atoms. The fourth-order valence-corrected chi connectivity index (χ4v) is 2.41. The standard InChI is InChI=1S/C14H10BrClFNOS/c15-12-6-10(17)3-1-8(12)7-19-13-5-9(16)2-4-11(13)14(18)20/h1-6H,7H2,(H2,18,20). The van der Waals surface area contributed by atoms with Gasteiger partial charge in [0, 0.05) is 15.1 Å². The highest BCUT2D eigenvalue weighted by Crippen LogP contribution is 2.26. The van der Waals surface area contributed by atoms with Crippen molar-refractivity contribution in [2.45, 2.75) is 6.61 Å². The summed E-state index contributed by atoms with van der Waals surface area (Å²) in [6.07, 6.45) is 0. The van der Waals surface area contributed by atoms with Gasteiger partial charge in [-0.15, -0.1) is 0 Å². The van der Waals surface area contributed by atoms with Gasteiger partial charge in [-0.1, -0.05) is 45.8 Å². The van der Waals surface area contributed by atoms with Crippen molar-refractivity contribution in [3.63, 3.8) is 0 Å². The van der Waals surface area contributed by atoms with E-state index in [9.17, 15) is 4.39 Å². The zero-order valence-electron chi connectivity index (χ0n) is 10.2. The quantitative estimate of drug-likeness (QED) is 0.803. The van der Waals surface area contributed by atoms with Gasteiger partial charge in [0.1, 0.15) is 23.2 Å². The summed E-state index contributed by atoms with van der Waals surface area (Å²) in [5.74, 6) is 0.188.